The van der Waals surface area contributed by atoms with Gasteiger partial charge in [-0.2, -0.15) is 0 Å². The molecule has 156 valence electrons. The van der Waals surface area contributed by atoms with Gasteiger partial charge < -0.3 is 10.1 Å². The first-order valence-electron chi connectivity index (χ1n) is 9.73. The molecule has 0 heterocycles. The Bertz CT molecular complexity index is 708. The summed E-state index contributed by atoms with van der Waals surface area (Å²) in [7, 11) is 0. The smallest absolute Gasteiger partial charge is 0.131 e. The van der Waals surface area contributed by atoms with E-state index in [1.165, 1.54) is 40.5 Å². The number of aryl methyl sites for hydroxylation is 3. The van der Waals surface area contributed by atoms with E-state index < -0.39 is 11.6 Å². The van der Waals surface area contributed by atoms with E-state index in [2.05, 4.69) is 45.1 Å². The third-order valence-corrected chi connectivity index (χ3v) is 4.87. The van der Waals surface area contributed by atoms with Gasteiger partial charge in [0, 0.05) is 18.0 Å². The molecule has 0 amide bonds. The number of rotatable bonds is 10. The summed E-state index contributed by atoms with van der Waals surface area (Å²) in [5, 5.41) is 3.50. The van der Waals surface area contributed by atoms with Crippen molar-refractivity contribution in [3.63, 3.8) is 0 Å². The quantitative estimate of drug-likeness (QED) is 0.484. The van der Waals surface area contributed by atoms with Crippen LogP contribution in [0, 0.1) is 32.4 Å². The van der Waals surface area contributed by atoms with Crippen molar-refractivity contribution in [1.29, 1.82) is 0 Å². The van der Waals surface area contributed by atoms with Gasteiger partial charge in [0.25, 0.3) is 0 Å². The summed E-state index contributed by atoms with van der Waals surface area (Å²) in [5.41, 5.74) is 4.96. The Balaban J connectivity index is 0.00000392. The van der Waals surface area contributed by atoms with E-state index in [4.69, 9.17) is 4.74 Å². The minimum atomic E-state index is -0.560. The highest BCUT2D eigenvalue weighted by Crippen LogP contribution is 2.26. The lowest BCUT2D eigenvalue weighted by Crippen LogP contribution is -2.26. The predicted octanol–water partition coefficient (Wildman–Crippen LogP) is 6.00. The predicted molar refractivity (Wildman–Crippen MR) is 114 cm³/mol. The van der Waals surface area contributed by atoms with E-state index in [9.17, 15) is 8.78 Å². The molecule has 0 aliphatic heterocycles. The van der Waals surface area contributed by atoms with Crippen LogP contribution in [-0.4, -0.2) is 19.7 Å². The Hall–Kier alpha value is -1.49. The molecular weight excluding hydrogens is 380 g/mol. The van der Waals surface area contributed by atoms with E-state index in [0.29, 0.717) is 6.61 Å². The van der Waals surface area contributed by atoms with Crippen LogP contribution in [-0.2, 0) is 11.3 Å². The van der Waals surface area contributed by atoms with Crippen molar-refractivity contribution in [1.82, 2.24) is 5.32 Å². The van der Waals surface area contributed by atoms with Crippen molar-refractivity contribution < 1.29 is 13.5 Å². The number of nitrogens with one attached hydrogen (secondary N) is 1. The van der Waals surface area contributed by atoms with Gasteiger partial charge in [-0.05, 0) is 62.6 Å². The lowest BCUT2D eigenvalue weighted by Gasteiger charge is -2.23. The molecule has 0 aliphatic carbocycles. The zero-order chi connectivity index (χ0) is 19.8. The monoisotopic (exact) mass is 411 g/mol. The summed E-state index contributed by atoms with van der Waals surface area (Å²) >= 11 is 0. The molecule has 2 nitrogen and oxygen atoms in total. The van der Waals surface area contributed by atoms with E-state index in [1.807, 2.05) is 0 Å². The molecule has 0 spiro atoms. The highest BCUT2D eigenvalue weighted by molar-refractivity contribution is 5.85. The molecule has 0 bridgehead atoms. The number of ether oxygens (including phenoxy) is 1. The highest BCUT2D eigenvalue weighted by atomic mass is 35.5. The van der Waals surface area contributed by atoms with Gasteiger partial charge in [0.2, 0.25) is 0 Å². The summed E-state index contributed by atoms with van der Waals surface area (Å²) in [6, 6.07) is 8.25. The van der Waals surface area contributed by atoms with Crippen molar-refractivity contribution in [3.8, 4) is 0 Å². The van der Waals surface area contributed by atoms with Crippen LogP contribution in [0.4, 0.5) is 8.78 Å². The molecule has 2 aromatic rings. The number of hydrogen-bond donors (Lipinski definition) is 1. The van der Waals surface area contributed by atoms with Crippen LogP contribution in [0.15, 0.2) is 30.3 Å². The molecule has 2 aromatic carbocycles. The van der Waals surface area contributed by atoms with Crippen molar-refractivity contribution in [2.45, 2.75) is 53.1 Å². The molecule has 0 fully saturated rings. The van der Waals surface area contributed by atoms with Crippen LogP contribution in [0.2, 0.25) is 0 Å². The Morgan fingerprint density at radius 3 is 2.21 bits per heavy atom. The van der Waals surface area contributed by atoms with E-state index >= 15 is 0 Å². The van der Waals surface area contributed by atoms with Crippen LogP contribution in [0.25, 0.3) is 0 Å². The molecule has 0 radical (unpaired) electrons. The fourth-order valence-electron chi connectivity index (χ4n) is 3.63. The molecule has 0 saturated heterocycles. The second-order valence-electron chi connectivity index (χ2n) is 7.28. The van der Waals surface area contributed by atoms with Crippen molar-refractivity contribution >= 4 is 12.4 Å². The van der Waals surface area contributed by atoms with Crippen molar-refractivity contribution in [3.05, 3.63) is 69.8 Å². The third kappa shape index (κ3) is 6.84. The average molecular weight is 412 g/mol. The number of halogens is 3. The lowest BCUT2D eigenvalue weighted by atomic mass is 9.89. The van der Waals surface area contributed by atoms with Crippen LogP contribution in [0.1, 0.15) is 53.5 Å². The van der Waals surface area contributed by atoms with Gasteiger partial charge in [-0.1, -0.05) is 37.1 Å². The molecule has 1 N–H and O–H groups in total. The van der Waals surface area contributed by atoms with Gasteiger partial charge >= 0.3 is 0 Å². The summed E-state index contributed by atoms with van der Waals surface area (Å²) in [6.07, 6.45) is 2.27. The minimum Gasteiger partial charge on any atom is -0.376 e. The fraction of sp³-hybridized carbons (Fsp3) is 0.478. The molecule has 0 saturated carbocycles. The zero-order valence-electron chi connectivity index (χ0n) is 17.3. The van der Waals surface area contributed by atoms with Crippen LogP contribution in [0.5, 0.6) is 0 Å². The lowest BCUT2D eigenvalue weighted by molar-refractivity contribution is 0.101. The number of unbranched alkanes of at least 4 members (excludes halogenated alkanes) is 1. The Morgan fingerprint density at radius 1 is 1.04 bits per heavy atom. The Morgan fingerprint density at radius 2 is 1.64 bits per heavy atom. The first kappa shape index (κ1) is 24.5. The summed E-state index contributed by atoms with van der Waals surface area (Å²) < 4.78 is 33.4. The average Bonchev–Trinajstić information content (AvgIpc) is 2.59. The molecular formula is C23H32ClF2NO. The zero-order valence-corrected chi connectivity index (χ0v) is 18.1. The highest BCUT2D eigenvalue weighted by Gasteiger charge is 2.18. The normalized spacial score (nSPS) is 11.9. The van der Waals surface area contributed by atoms with Gasteiger partial charge in [-0.3, -0.25) is 0 Å². The molecule has 28 heavy (non-hydrogen) atoms. The van der Waals surface area contributed by atoms with Crippen molar-refractivity contribution in [2.75, 3.05) is 19.7 Å². The Kier molecular flexibility index (Phi) is 10.7. The topological polar surface area (TPSA) is 21.3 Å². The molecule has 0 aromatic heterocycles. The summed E-state index contributed by atoms with van der Waals surface area (Å²) in [5.74, 6) is -0.983. The van der Waals surface area contributed by atoms with Gasteiger partial charge in [0.1, 0.15) is 11.6 Å². The SMILES string of the molecule is CCCCNCC(COCc1c(F)cccc1F)c1c(C)cc(C)cc1C.Cl. The summed E-state index contributed by atoms with van der Waals surface area (Å²) in [4.78, 5) is 0. The van der Waals surface area contributed by atoms with Crippen LogP contribution < -0.4 is 5.32 Å². The second-order valence-corrected chi connectivity index (χ2v) is 7.28. The van der Waals surface area contributed by atoms with E-state index in [-0.39, 0.29) is 30.5 Å². The van der Waals surface area contributed by atoms with Gasteiger partial charge in [-0.25, -0.2) is 8.78 Å². The molecule has 0 aliphatic rings. The van der Waals surface area contributed by atoms with E-state index in [1.54, 1.807) is 0 Å². The number of benzene rings is 2. The first-order valence-corrected chi connectivity index (χ1v) is 9.73. The van der Waals surface area contributed by atoms with Crippen LogP contribution >= 0.6 is 12.4 Å². The van der Waals surface area contributed by atoms with Crippen molar-refractivity contribution in [2.24, 2.45) is 0 Å². The minimum absolute atomic E-state index is 0. The summed E-state index contributed by atoms with van der Waals surface area (Å²) in [6.45, 7) is 10.6. The van der Waals surface area contributed by atoms with Gasteiger partial charge in [0.05, 0.1) is 13.2 Å². The molecule has 1 atom stereocenters. The molecule has 2 rings (SSSR count). The first-order chi connectivity index (χ1) is 12.9. The second kappa shape index (κ2) is 12.2. The molecule has 1 unspecified atom stereocenters. The van der Waals surface area contributed by atoms with Gasteiger partial charge in [0.15, 0.2) is 0 Å². The standard InChI is InChI=1S/C23H31F2NO.ClH/c1-5-6-10-26-13-19(23-17(3)11-16(2)12-18(23)4)14-27-15-20-21(24)8-7-9-22(20)25;/h7-9,11-12,19,26H,5-6,10,13-15H2,1-4H3;1H. The molecule has 5 heteroatoms. The largest absolute Gasteiger partial charge is 0.376 e. The van der Waals surface area contributed by atoms with E-state index in [0.717, 1.165) is 25.9 Å². The third-order valence-electron chi connectivity index (χ3n) is 4.87. The Labute approximate surface area is 174 Å². The maximum absolute atomic E-state index is 13.8. The van der Waals surface area contributed by atoms with Crippen LogP contribution in [0.3, 0.4) is 0 Å². The fourth-order valence-corrected chi connectivity index (χ4v) is 3.63. The number of hydrogen-bond acceptors (Lipinski definition) is 2. The van der Waals surface area contributed by atoms with Gasteiger partial charge in [-0.15, -0.1) is 12.4 Å². The maximum atomic E-state index is 13.8. The maximum Gasteiger partial charge on any atom is 0.131 e.